The number of hydrogen-bond acceptors (Lipinski definition) is 2. The topological polar surface area (TPSA) is 26.0 Å². The maximum atomic E-state index is 5.63. The fourth-order valence-electron chi connectivity index (χ4n) is 1.45. The SMILES string of the molecule is NCC1SCc2ccccc21. The summed E-state index contributed by atoms with van der Waals surface area (Å²) >= 11 is 1.95. The highest BCUT2D eigenvalue weighted by Crippen LogP contribution is 2.40. The van der Waals surface area contributed by atoms with Gasteiger partial charge in [0.25, 0.3) is 0 Å². The van der Waals surface area contributed by atoms with Crippen LogP contribution in [0.5, 0.6) is 0 Å². The van der Waals surface area contributed by atoms with Crippen molar-refractivity contribution in [1.29, 1.82) is 0 Å². The molecule has 11 heavy (non-hydrogen) atoms. The number of fused-ring (bicyclic) bond motifs is 1. The van der Waals surface area contributed by atoms with E-state index in [1.165, 1.54) is 11.1 Å². The Balaban J connectivity index is 2.39. The summed E-state index contributed by atoms with van der Waals surface area (Å²) in [5.41, 5.74) is 8.54. The highest BCUT2D eigenvalue weighted by molar-refractivity contribution is 7.99. The smallest absolute Gasteiger partial charge is 0.0426 e. The van der Waals surface area contributed by atoms with Crippen LogP contribution in [0.1, 0.15) is 16.4 Å². The Morgan fingerprint density at radius 3 is 3.09 bits per heavy atom. The van der Waals surface area contributed by atoms with Gasteiger partial charge in [0.05, 0.1) is 0 Å². The minimum atomic E-state index is 0.547. The zero-order chi connectivity index (χ0) is 7.68. The van der Waals surface area contributed by atoms with E-state index in [4.69, 9.17) is 5.73 Å². The molecule has 1 atom stereocenters. The average Bonchev–Trinajstić information content (AvgIpc) is 2.47. The van der Waals surface area contributed by atoms with Crippen LogP contribution in [0.25, 0.3) is 0 Å². The molecule has 2 heteroatoms. The van der Waals surface area contributed by atoms with Crippen molar-refractivity contribution in [2.45, 2.75) is 11.0 Å². The molecular weight excluding hydrogens is 154 g/mol. The highest BCUT2D eigenvalue weighted by Gasteiger charge is 2.20. The van der Waals surface area contributed by atoms with Crippen molar-refractivity contribution in [2.24, 2.45) is 5.73 Å². The molecule has 0 radical (unpaired) electrons. The second-order valence-corrected chi connectivity index (χ2v) is 3.93. The highest BCUT2D eigenvalue weighted by atomic mass is 32.2. The van der Waals surface area contributed by atoms with Crippen LogP contribution in [0.2, 0.25) is 0 Å². The summed E-state index contributed by atoms with van der Waals surface area (Å²) in [5.74, 6) is 1.14. The van der Waals surface area contributed by atoms with Gasteiger partial charge in [-0.3, -0.25) is 0 Å². The van der Waals surface area contributed by atoms with Crippen molar-refractivity contribution in [3.63, 3.8) is 0 Å². The fourth-order valence-corrected chi connectivity index (χ4v) is 2.64. The van der Waals surface area contributed by atoms with Gasteiger partial charge in [0.2, 0.25) is 0 Å². The standard InChI is InChI=1S/C9H11NS/c10-5-9-8-4-2-1-3-7(8)6-11-9/h1-4,9H,5-6,10H2. The normalized spacial score (nSPS) is 21.7. The van der Waals surface area contributed by atoms with Crippen molar-refractivity contribution in [1.82, 2.24) is 0 Å². The van der Waals surface area contributed by atoms with Crippen molar-refractivity contribution < 1.29 is 0 Å². The molecule has 58 valence electrons. The van der Waals surface area contributed by atoms with Gasteiger partial charge in [0.1, 0.15) is 0 Å². The van der Waals surface area contributed by atoms with Crippen LogP contribution in [0.4, 0.5) is 0 Å². The Morgan fingerprint density at radius 2 is 2.27 bits per heavy atom. The Labute approximate surface area is 71.0 Å². The summed E-state index contributed by atoms with van der Waals surface area (Å²) < 4.78 is 0. The molecule has 0 saturated carbocycles. The molecule has 0 fully saturated rings. The minimum absolute atomic E-state index is 0.547. The molecule has 2 rings (SSSR count). The maximum absolute atomic E-state index is 5.63. The van der Waals surface area contributed by atoms with Crippen LogP contribution >= 0.6 is 11.8 Å². The van der Waals surface area contributed by atoms with Gasteiger partial charge in [-0.25, -0.2) is 0 Å². The summed E-state index contributed by atoms with van der Waals surface area (Å²) in [7, 11) is 0. The Bertz CT molecular complexity index is 259. The van der Waals surface area contributed by atoms with E-state index in [9.17, 15) is 0 Å². The lowest BCUT2D eigenvalue weighted by atomic mass is 10.1. The number of nitrogens with two attached hydrogens (primary N) is 1. The van der Waals surface area contributed by atoms with Crippen molar-refractivity contribution in [3.05, 3.63) is 35.4 Å². The first-order valence-corrected chi connectivity index (χ1v) is 4.86. The molecule has 2 N–H and O–H groups in total. The summed E-state index contributed by atoms with van der Waals surface area (Å²) in [6.07, 6.45) is 0. The molecule has 1 aromatic rings. The molecule has 1 nitrogen and oxygen atoms in total. The zero-order valence-corrected chi connectivity index (χ0v) is 7.10. The van der Waals surface area contributed by atoms with E-state index >= 15 is 0 Å². The summed E-state index contributed by atoms with van der Waals surface area (Å²) in [6, 6.07) is 8.57. The predicted octanol–water partition coefficient (Wildman–Crippen LogP) is 1.93. The van der Waals surface area contributed by atoms with Gasteiger partial charge in [-0.2, -0.15) is 0 Å². The van der Waals surface area contributed by atoms with E-state index in [1.807, 2.05) is 11.8 Å². The average molecular weight is 165 g/mol. The molecule has 1 heterocycles. The first kappa shape index (κ1) is 7.19. The van der Waals surface area contributed by atoms with Crippen LogP contribution in [-0.2, 0) is 5.75 Å². The molecule has 0 bridgehead atoms. The molecule has 0 aromatic heterocycles. The summed E-state index contributed by atoms with van der Waals surface area (Å²) in [6.45, 7) is 0.766. The van der Waals surface area contributed by atoms with Crippen LogP contribution < -0.4 is 5.73 Å². The van der Waals surface area contributed by atoms with Gasteiger partial charge in [-0.1, -0.05) is 24.3 Å². The molecule has 1 aromatic carbocycles. The molecule has 0 saturated heterocycles. The maximum Gasteiger partial charge on any atom is 0.0426 e. The molecule has 1 aliphatic heterocycles. The summed E-state index contributed by atoms with van der Waals surface area (Å²) in [4.78, 5) is 0. The minimum Gasteiger partial charge on any atom is -0.329 e. The third kappa shape index (κ3) is 1.17. The van der Waals surface area contributed by atoms with Gasteiger partial charge >= 0.3 is 0 Å². The van der Waals surface area contributed by atoms with E-state index < -0.39 is 0 Å². The number of rotatable bonds is 1. The third-order valence-corrected chi connectivity index (χ3v) is 3.38. The van der Waals surface area contributed by atoms with Gasteiger partial charge < -0.3 is 5.73 Å². The van der Waals surface area contributed by atoms with Gasteiger partial charge in [-0.15, -0.1) is 11.8 Å². The van der Waals surface area contributed by atoms with E-state index in [2.05, 4.69) is 24.3 Å². The Kier molecular flexibility index (Phi) is 1.88. The predicted molar refractivity (Wildman–Crippen MR) is 49.5 cm³/mol. The van der Waals surface area contributed by atoms with Gasteiger partial charge in [-0.05, 0) is 11.1 Å². The molecule has 0 spiro atoms. The van der Waals surface area contributed by atoms with Crippen molar-refractivity contribution in [2.75, 3.05) is 6.54 Å². The quantitative estimate of drug-likeness (QED) is 0.688. The van der Waals surface area contributed by atoms with Gasteiger partial charge in [0, 0.05) is 17.5 Å². The molecule has 1 unspecified atom stereocenters. The van der Waals surface area contributed by atoms with Crippen LogP contribution in [0.3, 0.4) is 0 Å². The van der Waals surface area contributed by atoms with Crippen molar-refractivity contribution >= 4 is 11.8 Å². The second kappa shape index (κ2) is 2.88. The first-order valence-electron chi connectivity index (χ1n) is 3.81. The van der Waals surface area contributed by atoms with Gasteiger partial charge in [0.15, 0.2) is 0 Å². The first-order chi connectivity index (χ1) is 5.42. The number of hydrogen-bond donors (Lipinski definition) is 1. The van der Waals surface area contributed by atoms with E-state index in [0.717, 1.165) is 12.3 Å². The van der Waals surface area contributed by atoms with Crippen LogP contribution in [0, 0.1) is 0 Å². The van der Waals surface area contributed by atoms with E-state index in [1.54, 1.807) is 0 Å². The van der Waals surface area contributed by atoms with Crippen LogP contribution in [-0.4, -0.2) is 6.54 Å². The van der Waals surface area contributed by atoms with E-state index in [0.29, 0.717) is 5.25 Å². The second-order valence-electron chi connectivity index (χ2n) is 2.73. The lowest BCUT2D eigenvalue weighted by Gasteiger charge is -2.05. The number of benzene rings is 1. The zero-order valence-electron chi connectivity index (χ0n) is 6.29. The largest absolute Gasteiger partial charge is 0.329 e. The molecule has 0 amide bonds. The lowest BCUT2D eigenvalue weighted by Crippen LogP contribution is -2.06. The number of thioether (sulfide) groups is 1. The fraction of sp³-hybridized carbons (Fsp3) is 0.333. The molecular formula is C9H11NS. The third-order valence-electron chi connectivity index (χ3n) is 2.06. The summed E-state index contributed by atoms with van der Waals surface area (Å²) in [5, 5.41) is 0.547. The Morgan fingerprint density at radius 1 is 1.45 bits per heavy atom. The van der Waals surface area contributed by atoms with Crippen molar-refractivity contribution in [3.8, 4) is 0 Å². The van der Waals surface area contributed by atoms with E-state index in [-0.39, 0.29) is 0 Å². The molecule has 0 aliphatic carbocycles. The monoisotopic (exact) mass is 165 g/mol. The van der Waals surface area contributed by atoms with Crippen LogP contribution in [0.15, 0.2) is 24.3 Å². The Hall–Kier alpha value is -0.470. The lowest BCUT2D eigenvalue weighted by molar-refractivity contribution is 0.951. The molecule has 1 aliphatic rings.